The monoisotopic (exact) mass is 516 g/mol. The Hall–Kier alpha value is -3.36. The van der Waals surface area contributed by atoms with Gasteiger partial charge in [0, 0.05) is 30.4 Å². The van der Waals surface area contributed by atoms with Gasteiger partial charge in [-0.2, -0.15) is 10.1 Å². The lowest BCUT2D eigenvalue weighted by Gasteiger charge is -2.35. The van der Waals surface area contributed by atoms with Gasteiger partial charge in [0.2, 0.25) is 0 Å². The van der Waals surface area contributed by atoms with Gasteiger partial charge in [0.25, 0.3) is 5.91 Å². The molecule has 0 saturated carbocycles. The largest absolute Gasteiger partial charge is 0.493 e. The SMILES string of the molecule is CCCOc1ccc(-c2nn(-c3ccccc3)cc2/C=C2/SC(N3C[C@H](C)O[C@@H](C)C3)=NC2=O)cc1C. The molecule has 0 bridgehead atoms. The van der Waals surface area contributed by atoms with E-state index in [1.807, 2.05) is 80.2 Å². The van der Waals surface area contributed by atoms with E-state index in [-0.39, 0.29) is 18.1 Å². The number of ether oxygens (including phenoxy) is 2. The van der Waals surface area contributed by atoms with Crippen molar-refractivity contribution in [1.82, 2.24) is 14.7 Å². The van der Waals surface area contributed by atoms with Gasteiger partial charge in [0.1, 0.15) is 11.4 Å². The third-order valence-corrected chi connectivity index (χ3v) is 7.30. The smallest absolute Gasteiger partial charge is 0.286 e. The summed E-state index contributed by atoms with van der Waals surface area (Å²) in [6.07, 6.45) is 5.03. The zero-order chi connectivity index (χ0) is 25.9. The Balaban J connectivity index is 1.49. The lowest BCUT2D eigenvalue weighted by atomic mass is 10.0. The molecular formula is C29H32N4O3S. The van der Waals surface area contributed by atoms with E-state index in [1.165, 1.54) is 11.8 Å². The number of aromatic nitrogens is 2. The van der Waals surface area contributed by atoms with E-state index in [1.54, 1.807) is 0 Å². The second kappa shape index (κ2) is 10.9. The van der Waals surface area contributed by atoms with Gasteiger partial charge in [-0.25, -0.2) is 4.68 Å². The normalized spacial score (nSPS) is 21.0. The fourth-order valence-corrected chi connectivity index (χ4v) is 5.53. The average Bonchev–Trinajstić information content (AvgIpc) is 3.47. The molecule has 2 aliphatic rings. The van der Waals surface area contributed by atoms with Crippen LogP contribution in [0.15, 0.2) is 64.6 Å². The molecule has 192 valence electrons. The number of amides is 1. The van der Waals surface area contributed by atoms with Crippen LogP contribution in [0.5, 0.6) is 5.75 Å². The Labute approximate surface area is 222 Å². The molecule has 2 aliphatic heterocycles. The highest BCUT2D eigenvalue weighted by atomic mass is 32.2. The molecule has 8 heteroatoms. The lowest BCUT2D eigenvalue weighted by molar-refractivity contribution is -0.113. The van der Waals surface area contributed by atoms with Crippen LogP contribution in [-0.4, -0.2) is 57.7 Å². The molecule has 3 heterocycles. The first-order valence-electron chi connectivity index (χ1n) is 12.7. The molecule has 2 aromatic carbocycles. The van der Waals surface area contributed by atoms with E-state index in [0.717, 1.165) is 58.5 Å². The third kappa shape index (κ3) is 5.65. The number of nitrogens with zero attached hydrogens (tertiary/aromatic N) is 4. The first kappa shape index (κ1) is 25.3. The summed E-state index contributed by atoms with van der Waals surface area (Å²) in [7, 11) is 0. The van der Waals surface area contributed by atoms with E-state index in [4.69, 9.17) is 14.6 Å². The Kier molecular flexibility index (Phi) is 7.48. The van der Waals surface area contributed by atoms with Crippen LogP contribution in [0.25, 0.3) is 23.0 Å². The minimum absolute atomic E-state index is 0.0957. The minimum Gasteiger partial charge on any atom is -0.493 e. The van der Waals surface area contributed by atoms with Gasteiger partial charge in [-0.05, 0) is 80.9 Å². The van der Waals surface area contributed by atoms with Crippen molar-refractivity contribution >= 4 is 28.9 Å². The topological polar surface area (TPSA) is 68.9 Å². The van der Waals surface area contributed by atoms with Crippen LogP contribution in [0.3, 0.4) is 0 Å². The second-order valence-corrected chi connectivity index (χ2v) is 10.5. The standard InChI is InChI=1S/C29H32N4O3S/c1-5-13-35-25-12-11-22(14-19(25)2)27-23(18-33(31-27)24-9-7-6-8-10-24)15-26-28(34)30-29(37-26)32-16-20(3)36-21(4)17-32/h6-12,14-15,18,20-21H,5,13,16-17H2,1-4H3/b26-15+/t20-,21-/m0/s1. The lowest BCUT2D eigenvalue weighted by Crippen LogP contribution is -2.47. The van der Waals surface area contributed by atoms with Crippen molar-refractivity contribution in [3.8, 4) is 22.7 Å². The highest BCUT2D eigenvalue weighted by Crippen LogP contribution is 2.35. The minimum atomic E-state index is -0.218. The third-order valence-electron chi connectivity index (χ3n) is 6.26. The van der Waals surface area contributed by atoms with Crippen molar-refractivity contribution in [3.63, 3.8) is 0 Å². The van der Waals surface area contributed by atoms with Crippen LogP contribution in [-0.2, 0) is 9.53 Å². The molecule has 0 N–H and O–H groups in total. The van der Waals surface area contributed by atoms with E-state index < -0.39 is 0 Å². The highest BCUT2D eigenvalue weighted by Gasteiger charge is 2.31. The average molecular weight is 517 g/mol. The Morgan fingerprint density at radius 3 is 2.59 bits per heavy atom. The number of aryl methyl sites for hydroxylation is 1. The maximum atomic E-state index is 12.9. The number of thioether (sulfide) groups is 1. The highest BCUT2D eigenvalue weighted by molar-refractivity contribution is 8.18. The molecule has 37 heavy (non-hydrogen) atoms. The summed E-state index contributed by atoms with van der Waals surface area (Å²) in [5, 5.41) is 5.67. The molecule has 1 saturated heterocycles. The molecule has 0 unspecified atom stereocenters. The summed E-state index contributed by atoms with van der Waals surface area (Å²) in [5.41, 5.74) is 4.63. The second-order valence-electron chi connectivity index (χ2n) is 9.51. The fraction of sp³-hybridized carbons (Fsp3) is 0.345. The van der Waals surface area contributed by atoms with Gasteiger partial charge >= 0.3 is 0 Å². The van der Waals surface area contributed by atoms with E-state index in [2.05, 4.69) is 22.9 Å². The number of carbonyl (C=O) groups excluding carboxylic acids is 1. The number of benzene rings is 2. The number of rotatable bonds is 6. The predicted molar refractivity (Wildman–Crippen MR) is 149 cm³/mol. The van der Waals surface area contributed by atoms with Crippen LogP contribution in [0.4, 0.5) is 0 Å². The molecule has 0 spiro atoms. The molecule has 1 amide bonds. The Morgan fingerprint density at radius 2 is 1.89 bits per heavy atom. The van der Waals surface area contributed by atoms with Crippen molar-refractivity contribution in [2.24, 2.45) is 4.99 Å². The van der Waals surface area contributed by atoms with Gasteiger partial charge in [-0.15, -0.1) is 0 Å². The zero-order valence-electron chi connectivity index (χ0n) is 21.7. The summed E-state index contributed by atoms with van der Waals surface area (Å²) >= 11 is 1.42. The van der Waals surface area contributed by atoms with Gasteiger partial charge in [-0.3, -0.25) is 4.79 Å². The molecule has 3 aromatic rings. The van der Waals surface area contributed by atoms with Crippen LogP contribution in [0, 0.1) is 6.92 Å². The van der Waals surface area contributed by atoms with E-state index in [9.17, 15) is 4.79 Å². The van der Waals surface area contributed by atoms with Crippen molar-refractivity contribution in [1.29, 1.82) is 0 Å². The fourth-order valence-electron chi connectivity index (χ4n) is 4.61. The van der Waals surface area contributed by atoms with Crippen molar-refractivity contribution < 1.29 is 14.3 Å². The maximum absolute atomic E-state index is 12.9. The molecule has 7 nitrogen and oxygen atoms in total. The number of hydrogen-bond donors (Lipinski definition) is 0. The Bertz CT molecular complexity index is 1340. The van der Waals surface area contributed by atoms with Crippen LogP contribution in [0.2, 0.25) is 0 Å². The molecule has 0 radical (unpaired) electrons. The van der Waals surface area contributed by atoms with E-state index >= 15 is 0 Å². The number of hydrogen-bond acceptors (Lipinski definition) is 6. The summed E-state index contributed by atoms with van der Waals surface area (Å²) in [6, 6.07) is 16.1. The number of amidine groups is 1. The predicted octanol–water partition coefficient (Wildman–Crippen LogP) is 5.72. The van der Waals surface area contributed by atoms with E-state index in [0.29, 0.717) is 11.5 Å². The van der Waals surface area contributed by atoms with Crippen molar-refractivity contribution in [2.45, 2.75) is 46.3 Å². The quantitative estimate of drug-likeness (QED) is 0.391. The van der Waals surface area contributed by atoms with Gasteiger partial charge < -0.3 is 14.4 Å². The first-order valence-corrected chi connectivity index (χ1v) is 13.5. The summed E-state index contributed by atoms with van der Waals surface area (Å²) in [5.74, 6) is 0.659. The summed E-state index contributed by atoms with van der Waals surface area (Å²) < 4.78 is 13.6. The number of aliphatic imine (C=N–C) groups is 1. The maximum Gasteiger partial charge on any atom is 0.286 e. The van der Waals surface area contributed by atoms with Crippen LogP contribution in [0.1, 0.15) is 38.3 Å². The molecule has 1 fully saturated rings. The van der Waals surface area contributed by atoms with Gasteiger partial charge in [0.15, 0.2) is 5.17 Å². The molecule has 0 aliphatic carbocycles. The molecular weight excluding hydrogens is 484 g/mol. The number of carbonyl (C=O) groups is 1. The molecule has 2 atom stereocenters. The first-order chi connectivity index (χ1) is 17.9. The van der Waals surface area contributed by atoms with Crippen LogP contribution >= 0.6 is 11.8 Å². The van der Waals surface area contributed by atoms with Gasteiger partial charge in [-0.1, -0.05) is 25.1 Å². The number of para-hydroxylation sites is 1. The van der Waals surface area contributed by atoms with Crippen molar-refractivity contribution in [3.05, 3.63) is 70.8 Å². The molecule has 1 aromatic heterocycles. The summed E-state index contributed by atoms with van der Waals surface area (Å²) in [6.45, 7) is 10.4. The molecule has 5 rings (SSSR count). The Morgan fingerprint density at radius 1 is 1.14 bits per heavy atom. The van der Waals surface area contributed by atoms with Crippen LogP contribution < -0.4 is 4.74 Å². The summed E-state index contributed by atoms with van der Waals surface area (Å²) in [4.78, 5) is 20.1. The van der Waals surface area contributed by atoms with Crippen molar-refractivity contribution in [2.75, 3.05) is 19.7 Å². The number of morpholine rings is 1. The zero-order valence-corrected chi connectivity index (χ0v) is 22.5. The van der Waals surface area contributed by atoms with Gasteiger partial charge in [0.05, 0.1) is 29.4 Å².